The van der Waals surface area contributed by atoms with Crippen molar-refractivity contribution in [3.8, 4) is 0 Å². The molecule has 0 aliphatic carbocycles. The fourth-order valence-corrected chi connectivity index (χ4v) is 1.24. The standard InChI is InChI=1S/C7H15O4P/c1-3-5-7-11-12(8,9)10-6-4-2/h3,5H,4,6-7H2,1-2H3,(H,8,9)/b5-3+. The van der Waals surface area contributed by atoms with Gasteiger partial charge >= 0.3 is 7.82 Å². The van der Waals surface area contributed by atoms with E-state index >= 15 is 0 Å². The molecule has 0 aliphatic rings. The summed E-state index contributed by atoms with van der Waals surface area (Å²) in [6.45, 7) is 4.00. The van der Waals surface area contributed by atoms with Gasteiger partial charge in [0.15, 0.2) is 0 Å². The van der Waals surface area contributed by atoms with Crippen LogP contribution in [0.2, 0.25) is 0 Å². The lowest BCUT2D eigenvalue weighted by molar-refractivity contribution is 0.161. The summed E-state index contributed by atoms with van der Waals surface area (Å²) in [7, 11) is -3.79. The Labute approximate surface area is 72.8 Å². The molecule has 0 saturated heterocycles. The van der Waals surface area contributed by atoms with Crippen molar-refractivity contribution < 1.29 is 18.5 Å². The molecular weight excluding hydrogens is 179 g/mol. The minimum absolute atomic E-state index is 0.105. The van der Waals surface area contributed by atoms with E-state index < -0.39 is 7.82 Å². The van der Waals surface area contributed by atoms with Crippen molar-refractivity contribution in [2.75, 3.05) is 13.2 Å². The van der Waals surface area contributed by atoms with Gasteiger partial charge in [0.2, 0.25) is 0 Å². The third kappa shape index (κ3) is 6.55. The van der Waals surface area contributed by atoms with Gasteiger partial charge in [-0.05, 0) is 13.3 Å². The molecule has 0 fully saturated rings. The van der Waals surface area contributed by atoms with Gasteiger partial charge in [0.05, 0.1) is 13.2 Å². The number of hydrogen-bond donors (Lipinski definition) is 1. The smallest absolute Gasteiger partial charge is 0.302 e. The van der Waals surface area contributed by atoms with E-state index in [1.54, 1.807) is 19.1 Å². The van der Waals surface area contributed by atoms with Gasteiger partial charge in [-0.25, -0.2) is 4.57 Å². The molecule has 1 unspecified atom stereocenters. The second-order valence-electron chi connectivity index (χ2n) is 2.17. The van der Waals surface area contributed by atoms with Crippen LogP contribution in [0.25, 0.3) is 0 Å². The highest BCUT2D eigenvalue weighted by Gasteiger charge is 2.18. The first-order valence-corrected chi connectivity index (χ1v) is 5.35. The van der Waals surface area contributed by atoms with Gasteiger partial charge in [-0.3, -0.25) is 9.05 Å². The van der Waals surface area contributed by atoms with Gasteiger partial charge in [-0.1, -0.05) is 19.1 Å². The molecule has 0 aromatic carbocycles. The molecule has 0 amide bonds. The Bertz CT molecular complexity index is 178. The van der Waals surface area contributed by atoms with E-state index in [1.807, 2.05) is 6.92 Å². The summed E-state index contributed by atoms with van der Waals surface area (Å²) in [6.07, 6.45) is 4.07. The van der Waals surface area contributed by atoms with Crippen molar-refractivity contribution in [3.63, 3.8) is 0 Å². The highest BCUT2D eigenvalue weighted by Crippen LogP contribution is 2.42. The maximum absolute atomic E-state index is 10.9. The van der Waals surface area contributed by atoms with Crippen LogP contribution >= 0.6 is 7.82 Å². The molecule has 12 heavy (non-hydrogen) atoms. The predicted molar refractivity (Wildman–Crippen MR) is 46.8 cm³/mol. The Morgan fingerprint density at radius 3 is 2.67 bits per heavy atom. The van der Waals surface area contributed by atoms with E-state index in [0.717, 1.165) is 0 Å². The van der Waals surface area contributed by atoms with Crippen molar-refractivity contribution in [3.05, 3.63) is 12.2 Å². The molecular formula is C7H15O4P. The van der Waals surface area contributed by atoms with Gasteiger partial charge in [0, 0.05) is 0 Å². The van der Waals surface area contributed by atoms with Crippen molar-refractivity contribution >= 4 is 7.82 Å². The molecule has 0 rings (SSSR count). The average Bonchev–Trinajstić information content (AvgIpc) is 2.01. The third-order valence-corrected chi connectivity index (χ3v) is 2.01. The minimum Gasteiger partial charge on any atom is -0.302 e. The zero-order valence-corrected chi connectivity index (χ0v) is 8.29. The highest BCUT2D eigenvalue weighted by molar-refractivity contribution is 7.47. The lowest BCUT2D eigenvalue weighted by Crippen LogP contribution is -1.95. The summed E-state index contributed by atoms with van der Waals surface area (Å²) in [5.41, 5.74) is 0. The first-order valence-electron chi connectivity index (χ1n) is 3.85. The molecule has 1 N–H and O–H groups in total. The lowest BCUT2D eigenvalue weighted by Gasteiger charge is -2.09. The maximum atomic E-state index is 10.9. The Balaban J connectivity index is 3.63. The van der Waals surface area contributed by atoms with Crippen LogP contribution in [0.15, 0.2) is 12.2 Å². The Kier molecular flexibility index (Phi) is 6.30. The molecule has 72 valence electrons. The molecule has 5 heteroatoms. The monoisotopic (exact) mass is 194 g/mol. The number of phosphoric acid groups is 1. The Hall–Kier alpha value is -0.150. The molecule has 0 saturated carbocycles. The largest absolute Gasteiger partial charge is 0.472 e. The second-order valence-corrected chi connectivity index (χ2v) is 3.62. The van der Waals surface area contributed by atoms with Crippen molar-refractivity contribution in [1.29, 1.82) is 0 Å². The molecule has 0 heterocycles. The highest BCUT2D eigenvalue weighted by atomic mass is 31.2. The van der Waals surface area contributed by atoms with Crippen molar-refractivity contribution in [2.45, 2.75) is 20.3 Å². The maximum Gasteiger partial charge on any atom is 0.472 e. The molecule has 0 aromatic rings. The average molecular weight is 194 g/mol. The third-order valence-electron chi connectivity index (χ3n) is 1.03. The van der Waals surface area contributed by atoms with Crippen LogP contribution in [0, 0.1) is 0 Å². The molecule has 0 aromatic heterocycles. The zero-order chi connectivity index (χ0) is 9.45. The second kappa shape index (κ2) is 6.38. The topological polar surface area (TPSA) is 55.8 Å². The van der Waals surface area contributed by atoms with Gasteiger partial charge in [0.1, 0.15) is 0 Å². The van der Waals surface area contributed by atoms with Crippen LogP contribution in [0.3, 0.4) is 0 Å². The SMILES string of the molecule is C/C=C/COP(=O)(O)OCCC. The summed E-state index contributed by atoms with van der Waals surface area (Å²) >= 11 is 0. The quantitative estimate of drug-likeness (QED) is 0.519. The van der Waals surface area contributed by atoms with Gasteiger partial charge in [0.25, 0.3) is 0 Å². The van der Waals surface area contributed by atoms with Crippen molar-refractivity contribution in [1.82, 2.24) is 0 Å². The fourth-order valence-electron chi connectivity index (χ4n) is 0.477. The van der Waals surface area contributed by atoms with Crippen LogP contribution in [0.4, 0.5) is 0 Å². The van der Waals surface area contributed by atoms with Gasteiger partial charge in [-0.2, -0.15) is 0 Å². The van der Waals surface area contributed by atoms with E-state index in [-0.39, 0.29) is 13.2 Å². The van der Waals surface area contributed by atoms with E-state index in [9.17, 15) is 4.57 Å². The first kappa shape index (κ1) is 11.8. The Morgan fingerprint density at radius 1 is 1.50 bits per heavy atom. The fraction of sp³-hybridized carbons (Fsp3) is 0.714. The Morgan fingerprint density at radius 2 is 2.17 bits per heavy atom. The minimum atomic E-state index is -3.79. The number of rotatable bonds is 6. The van der Waals surface area contributed by atoms with Crippen LogP contribution in [0.1, 0.15) is 20.3 Å². The zero-order valence-electron chi connectivity index (χ0n) is 7.40. The van der Waals surface area contributed by atoms with Crippen LogP contribution in [0.5, 0.6) is 0 Å². The van der Waals surface area contributed by atoms with Crippen LogP contribution in [-0.4, -0.2) is 18.1 Å². The molecule has 0 spiro atoms. The summed E-state index contributed by atoms with van der Waals surface area (Å²) in [4.78, 5) is 8.95. The molecule has 1 atom stereocenters. The predicted octanol–water partition coefficient (Wildman–Crippen LogP) is 2.11. The first-order chi connectivity index (χ1) is 5.62. The van der Waals surface area contributed by atoms with Gasteiger partial charge in [-0.15, -0.1) is 0 Å². The van der Waals surface area contributed by atoms with E-state index in [4.69, 9.17) is 4.89 Å². The van der Waals surface area contributed by atoms with E-state index in [0.29, 0.717) is 6.42 Å². The van der Waals surface area contributed by atoms with Crippen molar-refractivity contribution in [2.24, 2.45) is 0 Å². The van der Waals surface area contributed by atoms with Crippen LogP contribution < -0.4 is 0 Å². The van der Waals surface area contributed by atoms with E-state index in [2.05, 4.69) is 9.05 Å². The summed E-state index contributed by atoms with van der Waals surface area (Å²) in [5, 5.41) is 0. The van der Waals surface area contributed by atoms with Crippen LogP contribution in [-0.2, 0) is 13.6 Å². The number of phosphoric ester groups is 1. The summed E-state index contributed by atoms with van der Waals surface area (Å²) < 4.78 is 20.1. The molecule has 0 bridgehead atoms. The molecule has 4 nitrogen and oxygen atoms in total. The van der Waals surface area contributed by atoms with Gasteiger partial charge < -0.3 is 4.89 Å². The van der Waals surface area contributed by atoms with E-state index in [1.165, 1.54) is 0 Å². The number of allylic oxidation sites excluding steroid dienone is 1. The normalized spacial score (nSPS) is 16.6. The molecule has 0 aliphatic heterocycles. The number of hydrogen-bond acceptors (Lipinski definition) is 3. The molecule has 0 radical (unpaired) electrons. The lowest BCUT2D eigenvalue weighted by atomic mass is 10.5. The summed E-state index contributed by atoms with van der Waals surface area (Å²) in [6, 6.07) is 0. The summed E-state index contributed by atoms with van der Waals surface area (Å²) in [5.74, 6) is 0.